The minimum absolute atomic E-state index is 0.0240. The van der Waals surface area contributed by atoms with Crippen LogP contribution in [0.25, 0.3) is 5.69 Å². The lowest BCUT2D eigenvalue weighted by Gasteiger charge is -2.10. The highest BCUT2D eigenvalue weighted by Crippen LogP contribution is 2.18. The van der Waals surface area contributed by atoms with E-state index >= 15 is 0 Å². The molecule has 0 aliphatic heterocycles. The topological polar surface area (TPSA) is 136 Å². The number of nitrogens with zero attached hydrogens (tertiary/aromatic N) is 4. The Kier molecular flexibility index (Phi) is 6.43. The number of anilines is 2. The molecule has 4 aromatic rings. The number of rotatable bonds is 6. The fraction of sp³-hybridized carbons (Fsp3) is 0.125. The highest BCUT2D eigenvalue weighted by atomic mass is 32.2. The van der Waals surface area contributed by atoms with Crippen LogP contribution >= 0.6 is 0 Å². The Morgan fingerprint density at radius 3 is 2.37 bits per heavy atom. The van der Waals surface area contributed by atoms with E-state index in [1.165, 1.54) is 47.3 Å². The van der Waals surface area contributed by atoms with Gasteiger partial charge >= 0.3 is 0 Å². The van der Waals surface area contributed by atoms with E-state index in [4.69, 9.17) is 0 Å². The predicted octanol–water partition coefficient (Wildman–Crippen LogP) is 3.00. The molecular formula is C24H22N6O4S. The summed E-state index contributed by atoms with van der Waals surface area (Å²) in [6.45, 7) is 5.33. The molecule has 2 heterocycles. The van der Waals surface area contributed by atoms with Crippen LogP contribution in [0.5, 0.6) is 0 Å². The molecule has 2 aromatic carbocycles. The Morgan fingerprint density at radius 1 is 0.943 bits per heavy atom. The number of benzene rings is 2. The van der Waals surface area contributed by atoms with Crippen molar-refractivity contribution in [1.29, 1.82) is 0 Å². The van der Waals surface area contributed by atoms with Crippen molar-refractivity contribution in [2.75, 3.05) is 10.0 Å². The first-order chi connectivity index (χ1) is 16.6. The minimum Gasteiger partial charge on any atom is -0.320 e. The Balaban J connectivity index is 1.52. The summed E-state index contributed by atoms with van der Waals surface area (Å²) in [5.41, 5.74) is 1.81. The summed E-state index contributed by atoms with van der Waals surface area (Å²) >= 11 is 0. The molecule has 178 valence electrons. The van der Waals surface area contributed by atoms with Gasteiger partial charge in [-0.25, -0.2) is 23.1 Å². The zero-order valence-electron chi connectivity index (χ0n) is 19.2. The average molecular weight is 491 g/mol. The second-order valence-electron chi connectivity index (χ2n) is 7.84. The first-order valence-electron chi connectivity index (χ1n) is 10.5. The third kappa shape index (κ3) is 5.58. The molecule has 0 unspecified atom stereocenters. The van der Waals surface area contributed by atoms with Gasteiger partial charge in [0.1, 0.15) is 11.6 Å². The van der Waals surface area contributed by atoms with Gasteiger partial charge < -0.3 is 5.32 Å². The van der Waals surface area contributed by atoms with Gasteiger partial charge in [-0.15, -0.1) is 0 Å². The SMILES string of the molecule is Cc1cccc(-n2ccc(=O)c(C(=O)Nc3ccc(S(=O)(=O)Nc4cc(C)nc(C)n4)cc3)n2)c1. The van der Waals surface area contributed by atoms with E-state index in [-0.39, 0.29) is 16.4 Å². The second-order valence-corrected chi connectivity index (χ2v) is 9.52. The number of aryl methyl sites for hydroxylation is 3. The molecular weight excluding hydrogens is 468 g/mol. The normalized spacial score (nSPS) is 11.2. The molecule has 0 radical (unpaired) electrons. The number of hydrogen-bond acceptors (Lipinski definition) is 7. The molecule has 2 N–H and O–H groups in total. The maximum absolute atomic E-state index is 12.7. The van der Waals surface area contributed by atoms with Crippen molar-refractivity contribution in [2.24, 2.45) is 0 Å². The first kappa shape index (κ1) is 23.8. The van der Waals surface area contributed by atoms with Crippen LogP contribution in [0.15, 0.2) is 76.6 Å². The van der Waals surface area contributed by atoms with Crippen molar-refractivity contribution in [2.45, 2.75) is 25.7 Å². The van der Waals surface area contributed by atoms with Crippen LogP contribution in [-0.4, -0.2) is 34.1 Å². The molecule has 2 aromatic heterocycles. The summed E-state index contributed by atoms with van der Waals surface area (Å²) in [6, 6.07) is 15.8. The molecule has 0 spiro atoms. The lowest BCUT2D eigenvalue weighted by Crippen LogP contribution is -2.25. The van der Waals surface area contributed by atoms with Crippen LogP contribution in [-0.2, 0) is 10.0 Å². The maximum Gasteiger partial charge on any atom is 0.280 e. The van der Waals surface area contributed by atoms with Crippen LogP contribution in [0.1, 0.15) is 27.6 Å². The largest absolute Gasteiger partial charge is 0.320 e. The van der Waals surface area contributed by atoms with Gasteiger partial charge in [-0.3, -0.25) is 14.3 Å². The van der Waals surface area contributed by atoms with Gasteiger partial charge in [0, 0.05) is 29.7 Å². The molecule has 10 nitrogen and oxygen atoms in total. The van der Waals surface area contributed by atoms with E-state index in [1.807, 2.05) is 31.2 Å². The summed E-state index contributed by atoms with van der Waals surface area (Å²) in [4.78, 5) is 33.2. The molecule has 0 saturated heterocycles. The van der Waals surface area contributed by atoms with Gasteiger partial charge in [-0.1, -0.05) is 12.1 Å². The Morgan fingerprint density at radius 2 is 1.69 bits per heavy atom. The van der Waals surface area contributed by atoms with E-state index in [2.05, 4.69) is 25.1 Å². The van der Waals surface area contributed by atoms with Gasteiger partial charge in [-0.05, 0) is 62.7 Å². The van der Waals surface area contributed by atoms with Crippen LogP contribution in [0.2, 0.25) is 0 Å². The molecule has 1 amide bonds. The molecule has 0 bridgehead atoms. The van der Waals surface area contributed by atoms with Gasteiger partial charge in [0.05, 0.1) is 10.6 Å². The van der Waals surface area contributed by atoms with Gasteiger partial charge in [0.15, 0.2) is 5.69 Å². The highest BCUT2D eigenvalue weighted by molar-refractivity contribution is 7.92. The molecule has 0 atom stereocenters. The van der Waals surface area contributed by atoms with Crippen LogP contribution in [0, 0.1) is 20.8 Å². The fourth-order valence-electron chi connectivity index (χ4n) is 3.35. The van der Waals surface area contributed by atoms with E-state index < -0.39 is 21.4 Å². The second kappa shape index (κ2) is 9.47. The molecule has 0 fully saturated rings. The van der Waals surface area contributed by atoms with E-state index in [0.29, 0.717) is 22.9 Å². The third-order valence-corrected chi connectivity index (χ3v) is 6.29. The van der Waals surface area contributed by atoms with Gasteiger partial charge in [0.25, 0.3) is 15.9 Å². The molecule has 0 aliphatic carbocycles. The van der Waals surface area contributed by atoms with Crippen LogP contribution < -0.4 is 15.5 Å². The zero-order chi connectivity index (χ0) is 25.2. The first-order valence-corrected chi connectivity index (χ1v) is 12.0. The number of aromatic nitrogens is 4. The monoisotopic (exact) mass is 490 g/mol. The number of amides is 1. The van der Waals surface area contributed by atoms with Crippen LogP contribution in [0.4, 0.5) is 11.5 Å². The summed E-state index contributed by atoms with van der Waals surface area (Å²) in [7, 11) is -3.91. The number of nitrogens with one attached hydrogen (secondary N) is 2. The predicted molar refractivity (Wildman–Crippen MR) is 131 cm³/mol. The molecule has 35 heavy (non-hydrogen) atoms. The smallest absolute Gasteiger partial charge is 0.280 e. The lowest BCUT2D eigenvalue weighted by atomic mass is 10.2. The number of hydrogen-bond donors (Lipinski definition) is 2. The summed E-state index contributed by atoms with van der Waals surface area (Å²) in [5, 5.41) is 6.75. The lowest BCUT2D eigenvalue weighted by molar-refractivity contribution is 0.101. The Labute approximate surface area is 201 Å². The average Bonchev–Trinajstić information content (AvgIpc) is 2.78. The number of carbonyl (C=O) groups excluding carboxylic acids is 1. The molecule has 4 rings (SSSR count). The maximum atomic E-state index is 12.7. The quantitative estimate of drug-likeness (QED) is 0.424. The van der Waals surface area contributed by atoms with Crippen molar-refractivity contribution < 1.29 is 13.2 Å². The Hall–Kier alpha value is -4.38. The van der Waals surface area contributed by atoms with Gasteiger partial charge in [0.2, 0.25) is 5.43 Å². The van der Waals surface area contributed by atoms with E-state index in [9.17, 15) is 18.0 Å². The zero-order valence-corrected chi connectivity index (χ0v) is 20.0. The molecule has 0 aliphatic rings. The fourth-order valence-corrected chi connectivity index (χ4v) is 4.34. The minimum atomic E-state index is -3.91. The molecule has 0 saturated carbocycles. The Bertz CT molecular complexity index is 1560. The summed E-state index contributed by atoms with van der Waals surface area (Å²) in [5.74, 6) is -0.109. The standard InChI is InChI=1S/C24H22N6O4S/c1-15-5-4-6-19(13-15)30-12-11-21(31)23(28-30)24(32)27-18-7-9-20(10-8-18)35(33,34)29-22-14-16(2)25-17(3)26-22/h4-14H,1-3H3,(H,27,32)(H,25,26,29). The third-order valence-electron chi connectivity index (χ3n) is 4.92. The number of sulfonamides is 1. The summed E-state index contributed by atoms with van der Waals surface area (Å²) in [6.07, 6.45) is 1.49. The van der Waals surface area contributed by atoms with Gasteiger partial charge in [-0.2, -0.15) is 5.10 Å². The van der Waals surface area contributed by atoms with E-state index in [1.54, 1.807) is 13.8 Å². The molecule has 11 heteroatoms. The highest BCUT2D eigenvalue weighted by Gasteiger charge is 2.17. The van der Waals surface area contributed by atoms with Crippen molar-refractivity contribution in [3.05, 3.63) is 99.9 Å². The van der Waals surface area contributed by atoms with Crippen molar-refractivity contribution in [1.82, 2.24) is 19.7 Å². The van der Waals surface area contributed by atoms with Crippen molar-refractivity contribution in [3.63, 3.8) is 0 Å². The number of carbonyl (C=O) groups is 1. The van der Waals surface area contributed by atoms with Crippen LogP contribution in [0.3, 0.4) is 0 Å². The van der Waals surface area contributed by atoms with E-state index in [0.717, 1.165) is 5.56 Å². The van der Waals surface area contributed by atoms with Crippen molar-refractivity contribution in [3.8, 4) is 5.69 Å². The van der Waals surface area contributed by atoms with Crippen molar-refractivity contribution >= 4 is 27.4 Å². The summed E-state index contributed by atoms with van der Waals surface area (Å²) < 4.78 is 29.3.